The van der Waals surface area contributed by atoms with Crippen LogP contribution in [0, 0.1) is 0 Å². The summed E-state index contributed by atoms with van der Waals surface area (Å²) in [7, 11) is 0. The second-order valence-electron chi connectivity index (χ2n) is 6.41. The lowest BCUT2D eigenvalue weighted by Crippen LogP contribution is -2.14. The van der Waals surface area contributed by atoms with Crippen LogP contribution < -0.4 is 0 Å². The minimum atomic E-state index is -0.134. The van der Waals surface area contributed by atoms with Crippen LogP contribution in [0.3, 0.4) is 0 Å². The van der Waals surface area contributed by atoms with Crippen LogP contribution in [0.1, 0.15) is 70.3 Å². The highest BCUT2D eigenvalue weighted by atomic mass is 16.3. The van der Waals surface area contributed by atoms with Gasteiger partial charge in [-0.25, -0.2) is 0 Å². The summed E-state index contributed by atoms with van der Waals surface area (Å²) in [6.45, 7) is 14.0. The molecule has 0 spiro atoms. The molecule has 0 N–H and O–H groups in total. The van der Waals surface area contributed by atoms with Gasteiger partial charge in [0.1, 0.15) is 11.5 Å². The van der Waals surface area contributed by atoms with Crippen molar-refractivity contribution in [3.05, 3.63) is 23.2 Å². The molecule has 0 aliphatic carbocycles. The number of carbonyl (C=O) groups excluding carboxylic acids is 1. The third-order valence-corrected chi connectivity index (χ3v) is 2.53. The first-order chi connectivity index (χ1) is 7.03. The molecule has 0 unspecified atom stereocenters. The lowest BCUT2D eigenvalue weighted by atomic mass is 9.89. The SMILES string of the molecule is CC(=O)c1cc(C(C)(C)C)oc1C(C)(C)C. The Kier molecular flexibility index (Phi) is 3.06. The third kappa shape index (κ3) is 2.55. The number of rotatable bonds is 1. The van der Waals surface area contributed by atoms with Crippen molar-refractivity contribution in [3.8, 4) is 0 Å². The van der Waals surface area contributed by atoms with Gasteiger partial charge in [-0.15, -0.1) is 0 Å². The molecule has 0 aliphatic rings. The summed E-state index contributed by atoms with van der Waals surface area (Å²) in [5.41, 5.74) is 0.524. The van der Waals surface area contributed by atoms with E-state index in [9.17, 15) is 4.79 Å². The number of furan rings is 1. The topological polar surface area (TPSA) is 30.2 Å². The summed E-state index contributed by atoms with van der Waals surface area (Å²) in [6, 6.07) is 1.89. The minimum absolute atomic E-state index is 0.0618. The predicted molar refractivity (Wildman–Crippen MR) is 66.1 cm³/mol. The van der Waals surface area contributed by atoms with Crippen molar-refractivity contribution >= 4 is 5.78 Å². The Balaban J connectivity index is 3.38. The number of hydrogen-bond donors (Lipinski definition) is 0. The van der Waals surface area contributed by atoms with Crippen molar-refractivity contribution < 1.29 is 9.21 Å². The summed E-state index contributed by atoms with van der Waals surface area (Å²) < 4.78 is 5.88. The number of ketones is 1. The summed E-state index contributed by atoms with van der Waals surface area (Å²) in [4.78, 5) is 11.6. The molecule has 0 bridgehead atoms. The van der Waals surface area contributed by atoms with Crippen molar-refractivity contribution in [3.63, 3.8) is 0 Å². The molecule has 1 aromatic heterocycles. The van der Waals surface area contributed by atoms with E-state index in [4.69, 9.17) is 4.42 Å². The first kappa shape index (κ1) is 13.0. The Hall–Kier alpha value is -1.05. The molecule has 1 rings (SSSR count). The first-order valence-corrected chi connectivity index (χ1v) is 5.69. The maximum Gasteiger partial charge on any atom is 0.163 e. The van der Waals surface area contributed by atoms with Crippen LogP contribution in [-0.4, -0.2) is 5.78 Å². The highest BCUT2D eigenvalue weighted by molar-refractivity contribution is 5.95. The number of carbonyl (C=O) groups is 1. The van der Waals surface area contributed by atoms with Crippen LogP contribution in [0.2, 0.25) is 0 Å². The Bertz CT molecular complexity index is 397. The molecule has 2 nitrogen and oxygen atoms in total. The molecule has 0 fully saturated rings. The van der Waals surface area contributed by atoms with E-state index in [1.165, 1.54) is 0 Å². The van der Waals surface area contributed by atoms with Gasteiger partial charge in [-0.2, -0.15) is 0 Å². The molecule has 90 valence electrons. The van der Waals surface area contributed by atoms with E-state index in [2.05, 4.69) is 41.5 Å². The Morgan fingerprint density at radius 1 is 1.06 bits per heavy atom. The highest BCUT2D eigenvalue weighted by Gasteiger charge is 2.29. The van der Waals surface area contributed by atoms with Gasteiger partial charge in [0, 0.05) is 10.8 Å². The quantitative estimate of drug-likeness (QED) is 0.670. The van der Waals surface area contributed by atoms with Gasteiger partial charge in [-0.1, -0.05) is 41.5 Å². The second-order valence-corrected chi connectivity index (χ2v) is 6.41. The molecule has 0 aliphatic heterocycles. The zero-order valence-electron chi connectivity index (χ0n) is 11.4. The second kappa shape index (κ2) is 3.76. The smallest absolute Gasteiger partial charge is 0.163 e. The Morgan fingerprint density at radius 3 is 1.81 bits per heavy atom. The van der Waals surface area contributed by atoms with Crippen LogP contribution in [0.15, 0.2) is 10.5 Å². The van der Waals surface area contributed by atoms with E-state index in [-0.39, 0.29) is 16.6 Å². The van der Waals surface area contributed by atoms with Crippen LogP contribution in [-0.2, 0) is 10.8 Å². The van der Waals surface area contributed by atoms with Gasteiger partial charge in [0.25, 0.3) is 0 Å². The summed E-state index contributed by atoms with van der Waals surface area (Å²) >= 11 is 0. The zero-order valence-corrected chi connectivity index (χ0v) is 11.4. The highest BCUT2D eigenvalue weighted by Crippen LogP contribution is 2.34. The largest absolute Gasteiger partial charge is 0.464 e. The lowest BCUT2D eigenvalue weighted by Gasteiger charge is -2.18. The van der Waals surface area contributed by atoms with Crippen molar-refractivity contribution in [1.82, 2.24) is 0 Å². The molecule has 1 heterocycles. The van der Waals surface area contributed by atoms with Gasteiger partial charge in [0.15, 0.2) is 5.78 Å². The average molecular weight is 222 g/mol. The van der Waals surface area contributed by atoms with Gasteiger partial charge in [0.2, 0.25) is 0 Å². The van der Waals surface area contributed by atoms with Crippen LogP contribution >= 0.6 is 0 Å². The van der Waals surface area contributed by atoms with Crippen molar-refractivity contribution in [2.24, 2.45) is 0 Å². The minimum Gasteiger partial charge on any atom is -0.464 e. The molecular weight excluding hydrogens is 200 g/mol. The predicted octanol–water partition coefficient (Wildman–Crippen LogP) is 4.08. The lowest BCUT2D eigenvalue weighted by molar-refractivity contribution is 0.101. The zero-order chi connectivity index (χ0) is 12.7. The normalized spacial score (nSPS) is 12.9. The van der Waals surface area contributed by atoms with Crippen molar-refractivity contribution in [2.75, 3.05) is 0 Å². The number of hydrogen-bond acceptors (Lipinski definition) is 2. The fourth-order valence-electron chi connectivity index (χ4n) is 1.58. The molecule has 0 radical (unpaired) electrons. The third-order valence-electron chi connectivity index (χ3n) is 2.53. The maximum atomic E-state index is 11.6. The molecular formula is C14H22O2. The fourth-order valence-corrected chi connectivity index (χ4v) is 1.58. The molecule has 2 heteroatoms. The molecule has 0 amide bonds. The van der Waals surface area contributed by atoms with Crippen LogP contribution in [0.5, 0.6) is 0 Å². The molecule has 0 saturated heterocycles. The van der Waals surface area contributed by atoms with Gasteiger partial charge < -0.3 is 4.42 Å². The Labute approximate surface area is 98.0 Å². The van der Waals surface area contributed by atoms with E-state index < -0.39 is 0 Å². The first-order valence-electron chi connectivity index (χ1n) is 5.69. The van der Waals surface area contributed by atoms with Gasteiger partial charge in [0.05, 0.1) is 5.56 Å². The summed E-state index contributed by atoms with van der Waals surface area (Å²) in [5, 5.41) is 0. The van der Waals surface area contributed by atoms with E-state index in [1.54, 1.807) is 6.92 Å². The fraction of sp³-hybridized carbons (Fsp3) is 0.643. The van der Waals surface area contributed by atoms with E-state index in [0.717, 1.165) is 17.1 Å². The molecule has 1 aromatic rings. The van der Waals surface area contributed by atoms with Crippen molar-refractivity contribution in [2.45, 2.75) is 59.3 Å². The summed E-state index contributed by atoms with van der Waals surface area (Å²) in [6.07, 6.45) is 0. The van der Waals surface area contributed by atoms with Gasteiger partial charge in [-0.05, 0) is 13.0 Å². The van der Waals surface area contributed by atoms with Gasteiger partial charge in [-0.3, -0.25) is 4.79 Å². The monoisotopic (exact) mass is 222 g/mol. The van der Waals surface area contributed by atoms with Crippen LogP contribution in [0.25, 0.3) is 0 Å². The number of Topliss-reactive ketones (excluding diaryl/α,β-unsaturated/α-hetero) is 1. The van der Waals surface area contributed by atoms with Crippen molar-refractivity contribution in [1.29, 1.82) is 0 Å². The van der Waals surface area contributed by atoms with E-state index in [0.29, 0.717) is 0 Å². The molecule has 0 aromatic carbocycles. The van der Waals surface area contributed by atoms with E-state index in [1.807, 2.05) is 6.07 Å². The molecule has 0 atom stereocenters. The van der Waals surface area contributed by atoms with Gasteiger partial charge >= 0.3 is 0 Å². The standard InChI is InChI=1S/C14H22O2/c1-9(15)10-8-11(13(2,3)4)16-12(10)14(5,6)7/h8H,1-7H3. The summed E-state index contributed by atoms with van der Waals surface area (Å²) in [5.74, 6) is 1.75. The molecule has 0 saturated carbocycles. The maximum absolute atomic E-state index is 11.6. The average Bonchev–Trinajstić information content (AvgIpc) is 2.44. The van der Waals surface area contributed by atoms with Crippen LogP contribution in [0.4, 0.5) is 0 Å². The molecule has 16 heavy (non-hydrogen) atoms. The Morgan fingerprint density at radius 2 is 1.56 bits per heavy atom. The van der Waals surface area contributed by atoms with E-state index >= 15 is 0 Å².